The van der Waals surface area contributed by atoms with E-state index >= 15 is 0 Å². The van der Waals surface area contributed by atoms with E-state index in [1.807, 2.05) is 12.3 Å². The molecule has 2 rings (SSSR count). The lowest BCUT2D eigenvalue weighted by atomic mass is 10.4. The molecular weight excluding hydrogens is 204 g/mol. The molecule has 0 fully saturated rings. The predicted molar refractivity (Wildman–Crippen MR) is 59.8 cm³/mol. The van der Waals surface area contributed by atoms with Gasteiger partial charge in [-0.05, 0) is 25.1 Å². The Bertz CT molecular complexity index is 407. The molecule has 0 atom stereocenters. The fourth-order valence-corrected chi connectivity index (χ4v) is 1.57. The molecule has 0 aliphatic heterocycles. The molecule has 0 radical (unpaired) electrons. The lowest BCUT2D eigenvalue weighted by Crippen LogP contribution is -2.17. The molecule has 1 N–H and O–H groups in total. The van der Waals surface area contributed by atoms with Crippen molar-refractivity contribution in [3.8, 4) is 0 Å². The maximum absolute atomic E-state index is 4.71. The van der Waals surface area contributed by atoms with E-state index < -0.39 is 0 Å². The topological polar surface area (TPSA) is 55.9 Å². The molecule has 0 aromatic carbocycles. The second-order valence-electron chi connectivity index (χ2n) is 3.65. The van der Waals surface area contributed by atoms with Crippen LogP contribution >= 0.6 is 0 Å². The van der Waals surface area contributed by atoms with Crippen LogP contribution in [0.3, 0.4) is 0 Å². The Kier molecular flexibility index (Phi) is 3.71. The number of rotatable bonds is 6. The summed E-state index contributed by atoms with van der Waals surface area (Å²) in [7, 11) is 0. The molecule has 86 valence electrons. The predicted octanol–water partition coefficient (Wildman–Crippen LogP) is 1.42. The van der Waals surface area contributed by atoms with Crippen LogP contribution in [0.1, 0.15) is 24.9 Å². The second-order valence-corrected chi connectivity index (χ2v) is 3.65. The van der Waals surface area contributed by atoms with E-state index in [4.69, 9.17) is 4.52 Å². The summed E-state index contributed by atoms with van der Waals surface area (Å²) < 4.78 is 6.83. The molecule has 5 nitrogen and oxygen atoms in total. The molecule has 5 heteroatoms. The van der Waals surface area contributed by atoms with Crippen LogP contribution in [-0.4, -0.2) is 21.3 Å². The summed E-state index contributed by atoms with van der Waals surface area (Å²) in [4.78, 5) is 4.01. The number of nitrogens with one attached hydrogen (secondary N) is 1. The number of nitrogens with zero attached hydrogens (tertiary/aromatic N) is 3. The fraction of sp³-hybridized carbons (Fsp3) is 0.455. The molecule has 0 saturated carbocycles. The summed E-state index contributed by atoms with van der Waals surface area (Å²) in [6.07, 6.45) is 4.53. The first-order chi connectivity index (χ1) is 7.90. The molecule has 0 unspecified atom stereocenters. The normalized spacial score (nSPS) is 10.8. The van der Waals surface area contributed by atoms with Gasteiger partial charge in [0.25, 0.3) is 0 Å². The van der Waals surface area contributed by atoms with Crippen LogP contribution in [0.25, 0.3) is 0 Å². The van der Waals surface area contributed by atoms with Crippen molar-refractivity contribution in [2.24, 2.45) is 0 Å². The summed E-state index contributed by atoms with van der Waals surface area (Å²) >= 11 is 0. The van der Waals surface area contributed by atoms with Crippen molar-refractivity contribution in [3.63, 3.8) is 0 Å². The Morgan fingerprint density at radius 2 is 2.44 bits per heavy atom. The molecular formula is C11H16N4O. The molecule has 2 aromatic heterocycles. The van der Waals surface area contributed by atoms with Gasteiger partial charge in [0, 0.05) is 18.4 Å². The summed E-state index contributed by atoms with van der Waals surface area (Å²) in [6, 6.07) is 4.13. The lowest BCUT2D eigenvalue weighted by Gasteiger charge is -2.07. The zero-order valence-electron chi connectivity index (χ0n) is 9.39. The smallest absolute Gasteiger partial charge is 0.213 e. The number of aromatic nitrogens is 3. The molecule has 2 aromatic rings. The second kappa shape index (κ2) is 5.46. The van der Waals surface area contributed by atoms with Crippen LogP contribution in [-0.2, 0) is 13.1 Å². The molecule has 0 spiro atoms. The van der Waals surface area contributed by atoms with Gasteiger partial charge in [-0.2, -0.15) is 4.98 Å². The minimum atomic E-state index is 0.659. The van der Waals surface area contributed by atoms with Crippen molar-refractivity contribution in [2.75, 3.05) is 6.54 Å². The van der Waals surface area contributed by atoms with E-state index in [1.54, 1.807) is 0 Å². The van der Waals surface area contributed by atoms with E-state index in [2.05, 4.69) is 33.0 Å². The average Bonchev–Trinajstić information content (AvgIpc) is 2.92. The monoisotopic (exact) mass is 220 g/mol. The Hall–Kier alpha value is -1.62. The minimum absolute atomic E-state index is 0.659. The highest BCUT2D eigenvalue weighted by molar-refractivity contribution is 5.08. The van der Waals surface area contributed by atoms with Gasteiger partial charge in [-0.1, -0.05) is 12.1 Å². The van der Waals surface area contributed by atoms with Crippen molar-refractivity contribution in [1.82, 2.24) is 20.0 Å². The van der Waals surface area contributed by atoms with E-state index in [0.29, 0.717) is 12.4 Å². The average molecular weight is 220 g/mol. The first-order valence-electron chi connectivity index (χ1n) is 5.50. The van der Waals surface area contributed by atoms with Crippen LogP contribution in [0.5, 0.6) is 0 Å². The van der Waals surface area contributed by atoms with Gasteiger partial charge < -0.3 is 14.4 Å². The van der Waals surface area contributed by atoms with Crippen LogP contribution < -0.4 is 5.32 Å². The third-order valence-corrected chi connectivity index (χ3v) is 2.38. The van der Waals surface area contributed by atoms with Crippen molar-refractivity contribution in [2.45, 2.75) is 26.4 Å². The SMILES string of the molecule is CCCNCc1cccn1Cc1ncon1. The minimum Gasteiger partial charge on any atom is -0.343 e. The van der Waals surface area contributed by atoms with Crippen molar-refractivity contribution < 1.29 is 4.52 Å². The van der Waals surface area contributed by atoms with Gasteiger partial charge in [0.1, 0.15) is 0 Å². The molecule has 0 bridgehead atoms. The van der Waals surface area contributed by atoms with Gasteiger partial charge in [-0.25, -0.2) is 0 Å². The first-order valence-corrected chi connectivity index (χ1v) is 5.50. The van der Waals surface area contributed by atoms with Gasteiger partial charge >= 0.3 is 0 Å². The summed E-state index contributed by atoms with van der Waals surface area (Å²) in [5.41, 5.74) is 1.23. The summed E-state index contributed by atoms with van der Waals surface area (Å²) in [5.74, 6) is 0.702. The maximum atomic E-state index is 4.71. The third-order valence-electron chi connectivity index (χ3n) is 2.38. The zero-order chi connectivity index (χ0) is 11.2. The fourth-order valence-electron chi connectivity index (χ4n) is 1.57. The largest absolute Gasteiger partial charge is 0.343 e. The Morgan fingerprint density at radius 3 is 3.19 bits per heavy atom. The molecule has 2 heterocycles. The molecule has 0 saturated heterocycles. The van der Waals surface area contributed by atoms with Crippen LogP contribution in [0, 0.1) is 0 Å². The van der Waals surface area contributed by atoms with Gasteiger partial charge in [0.15, 0.2) is 5.82 Å². The highest BCUT2D eigenvalue weighted by atomic mass is 16.5. The Labute approximate surface area is 94.5 Å². The van der Waals surface area contributed by atoms with Crippen LogP contribution in [0.4, 0.5) is 0 Å². The number of hydrogen-bond acceptors (Lipinski definition) is 4. The highest BCUT2D eigenvalue weighted by Gasteiger charge is 2.04. The first kappa shape index (κ1) is 10.9. The van der Waals surface area contributed by atoms with E-state index in [9.17, 15) is 0 Å². The van der Waals surface area contributed by atoms with Crippen molar-refractivity contribution in [1.29, 1.82) is 0 Å². The van der Waals surface area contributed by atoms with E-state index in [0.717, 1.165) is 19.5 Å². The summed E-state index contributed by atoms with van der Waals surface area (Å²) in [5, 5.41) is 7.17. The molecule has 0 amide bonds. The third kappa shape index (κ3) is 2.70. The molecule has 0 aliphatic rings. The lowest BCUT2D eigenvalue weighted by molar-refractivity contribution is 0.407. The standard InChI is InChI=1S/C11H16N4O/c1-2-5-12-7-10-4-3-6-15(10)8-11-13-9-16-14-11/h3-4,6,9,12H,2,5,7-8H2,1H3. The van der Waals surface area contributed by atoms with Crippen molar-refractivity contribution >= 4 is 0 Å². The van der Waals surface area contributed by atoms with E-state index in [1.165, 1.54) is 12.1 Å². The van der Waals surface area contributed by atoms with Gasteiger partial charge in [-0.3, -0.25) is 0 Å². The van der Waals surface area contributed by atoms with E-state index in [-0.39, 0.29) is 0 Å². The van der Waals surface area contributed by atoms with Gasteiger partial charge in [-0.15, -0.1) is 0 Å². The van der Waals surface area contributed by atoms with Gasteiger partial charge in [0.05, 0.1) is 6.54 Å². The molecule has 16 heavy (non-hydrogen) atoms. The Morgan fingerprint density at radius 1 is 1.50 bits per heavy atom. The van der Waals surface area contributed by atoms with Gasteiger partial charge in [0.2, 0.25) is 6.39 Å². The quantitative estimate of drug-likeness (QED) is 0.748. The maximum Gasteiger partial charge on any atom is 0.213 e. The van der Waals surface area contributed by atoms with Crippen LogP contribution in [0.2, 0.25) is 0 Å². The molecule has 0 aliphatic carbocycles. The Balaban J connectivity index is 1.96. The zero-order valence-corrected chi connectivity index (χ0v) is 9.39. The summed E-state index contributed by atoms with van der Waals surface area (Å²) in [6.45, 7) is 4.73. The highest BCUT2D eigenvalue weighted by Crippen LogP contribution is 2.04. The number of hydrogen-bond donors (Lipinski definition) is 1. The van der Waals surface area contributed by atoms with Crippen LogP contribution in [0.15, 0.2) is 29.2 Å². The van der Waals surface area contributed by atoms with Crippen molar-refractivity contribution in [3.05, 3.63) is 36.2 Å².